The standard InChI is InChI=1S/C22H25FN6OP2/c1-28(2)21-25-11-14(12-26-21)20(30)27-18-16(15-5-3-4-6-17(15)23)7-9-24-19(18)29-10-8-22(31,32)13-29/h3-7,9,11-12H,8,10,13,31-32H2,1-2H3,(H,27,30). The highest BCUT2D eigenvalue weighted by Crippen LogP contribution is 2.42. The number of amides is 1. The van der Waals surface area contributed by atoms with Gasteiger partial charge in [-0.2, -0.15) is 0 Å². The van der Waals surface area contributed by atoms with E-state index in [2.05, 4.69) is 43.6 Å². The fraction of sp³-hybridized carbons (Fsp3) is 0.273. The average molecular weight is 470 g/mol. The normalized spacial score (nSPS) is 15.0. The monoisotopic (exact) mass is 470 g/mol. The second kappa shape index (κ2) is 9.05. The molecule has 10 heteroatoms. The number of rotatable bonds is 5. The van der Waals surface area contributed by atoms with Crippen molar-refractivity contribution in [3.8, 4) is 11.1 Å². The molecule has 32 heavy (non-hydrogen) atoms. The molecule has 7 nitrogen and oxygen atoms in total. The topological polar surface area (TPSA) is 74.2 Å². The van der Waals surface area contributed by atoms with Crippen LogP contribution in [0.3, 0.4) is 0 Å². The van der Waals surface area contributed by atoms with Gasteiger partial charge in [-0.3, -0.25) is 4.79 Å². The van der Waals surface area contributed by atoms with Gasteiger partial charge in [-0.1, -0.05) is 18.2 Å². The van der Waals surface area contributed by atoms with Gasteiger partial charge < -0.3 is 15.1 Å². The third-order valence-electron chi connectivity index (χ3n) is 5.27. The highest BCUT2D eigenvalue weighted by atomic mass is 31.1. The fourth-order valence-electron chi connectivity index (χ4n) is 3.61. The summed E-state index contributed by atoms with van der Waals surface area (Å²) in [7, 11) is 9.36. The van der Waals surface area contributed by atoms with Crippen LogP contribution in [-0.2, 0) is 0 Å². The zero-order chi connectivity index (χ0) is 22.9. The molecule has 0 aliphatic carbocycles. The van der Waals surface area contributed by atoms with Crippen molar-refractivity contribution in [2.75, 3.05) is 42.3 Å². The van der Waals surface area contributed by atoms with Crippen molar-refractivity contribution < 1.29 is 9.18 Å². The lowest BCUT2D eigenvalue weighted by molar-refractivity contribution is 0.102. The van der Waals surface area contributed by atoms with E-state index in [1.54, 1.807) is 35.4 Å². The highest BCUT2D eigenvalue weighted by Gasteiger charge is 2.32. The molecule has 2 atom stereocenters. The summed E-state index contributed by atoms with van der Waals surface area (Å²) in [4.78, 5) is 29.9. The Bertz CT molecular complexity index is 1140. The number of hydrogen-bond donors (Lipinski definition) is 1. The molecule has 1 aliphatic heterocycles. The Hall–Kier alpha value is -2.69. The van der Waals surface area contributed by atoms with E-state index in [1.165, 1.54) is 18.5 Å². The average Bonchev–Trinajstić information content (AvgIpc) is 3.14. The van der Waals surface area contributed by atoms with Crippen molar-refractivity contribution in [2.24, 2.45) is 0 Å². The van der Waals surface area contributed by atoms with E-state index in [0.29, 0.717) is 34.1 Å². The molecule has 0 bridgehead atoms. The van der Waals surface area contributed by atoms with Gasteiger partial charge in [-0.05, 0) is 18.6 Å². The molecule has 1 fully saturated rings. The molecular weight excluding hydrogens is 445 g/mol. The summed E-state index contributed by atoms with van der Waals surface area (Å²) in [5.41, 5.74) is 1.73. The van der Waals surface area contributed by atoms with Crippen LogP contribution in [0, 0.1) is 5.82 Å². The van der Waals surface area contributed by atoms with Crippen LogP contribution in [0.4, 0.5) is 21.8 Å². The van der Waals surface area contributed by atoms with Gasteiger partial charge in [0.25, 0.3) is 5.91 Å². The fourth-order valence-corrected chi connectivity index (χ4v) is 4.31. The Kier molecular flexibility index (Phi) is 6.36. The maximum atomic E-state index is 14.7. The molecule has 1 N–H and O–H groups in total. The number of halogens is 1. The highest BCUT2D eigenvalue weighted by molar-refractivity contribution is 7.40. The van der Waals surface area contributed by atoms with Gasteiger partial charge >= 0.3 is 0 Å². The summed E-state index contributed by atoms with van der Waals surface area (Å²) in [6, 6.07) is 8.22. The Balaban J connectivity index is 1.76. The first-order valence-electron chi connectivity index (χ1n) is 10.1. The summed E-state index contributed by atoms with van der Waals surface area (Å²) in [6.07, 6.45) is 5.53. The molecule has 3 aromatic rings. The summed E-state index contributed by atoms with van der Waals surface area (Å²) in [6.45, 7) is 1.49. The lowest BCUT2D eigenvalue weighted by Crippen LogP contribution is -2.26. The Labute approximate surface area is 191 Å². The largest absolute Gasteiger partial charge is 0.354 e. The quantitative estimate of drug-likeness (QED) is 0.574. The summed E-state index contributed by atoms with van der Waals surface area (Å²) >= 11 is 0. The molecule has 1 aliphatic rings. The molecule has 1 amide bonds. The lowest BCUT2D eigenvalue weighted by Gasteiger charge is -2.24. The molecular formula is C22H25FN6OP2. The smallest absolute Gasteiger partial charge is 0.258 e. The summed E-state index contributed by atoms with van der Waals surface area (Å²) in [5.74, 6) is 0.359. The molecule has 3 heterocycles. The number of aromatic nitrogens is 3. The third kappa shape index (κ3) is 4.72. The predicted molar refractivity (Wildman–Crippen MR) is 133 cm³/mol. The van der Waals surface area contributed by atoms with E-state index in [-0.39, 0.29) is 16.6 Å². The number of carbonyl (C=O) groups excluding carboxylic acids is 1. The van der Waals surface area contributed by atoms with Gasteiger partial charge in [0.05, 0.1) is 11.3 Å². The van der Waals surface area contributed by atoms with Crippen molar-refractivity contribution in [1.82, 2.24) is 15.0 Å². The van der Waals surface area contributed by atoms with E-state index in [4.69, 9.17) is 0 Å². The molecule has 2 aromatic heterocycles. The predicted octanol–water partition coefficient (Wildman–Crippen LogP) is 3.65. The van der Waals surface area contributed by atoms with E-state index >= 15 is 0 Å². The van der Waals surface area contributed by atoms with E-state index in [1.807, 2.05) is 14.1 Å². The number of nitrogens with one attached hydrogen (secondary N) is 1. The molecule has 2 unspecified atom stereocenters. The van der Waals surface area contributed by atoms with Crippen molar-refractivity contribution >= 4 is 41.8 Å². The molecule has 0 radical (unpaired) electrons. The number of benzene rings is 1. The molecule has 1 saturated heterocycles. The van der Waals surface area contributed by atoms with Gasteiger partial charge in [-0.15, -0.1) is 18.5 Å². The van der Waals surface area contributed by atoms with Crippen molar-refractivity contribution in [2.45, 2.75) is 11.3 Å². The first-order chi connectivity index (χ1) is 15.2. The molecule has 4 rings (SSSR count). The third-order valence-corrected chi connectivity index (χ3v) is 6.21. The van der Waals surface area contributed by atoms with Crippen LogP contribution in [-0.4, -0.2) is 52.9 Å². The van der Waals surface area contributed by atoms with Gasteiger partial charge in [0.15, 0.2) is 5.82 Å². The summed E-state index contributed by atoms with van der Waals surface area (Å²) in [5, 5.41) is 2.96. The van der Waals surface area contributed by atoms with Crippen molar-refractivity contribution in [3.63, 3.8) is 0 Å². The van der Waals surface area contributed by atoms with Crippen LogP contribution in [0.15, 0.2) is 48.9 Å². The molecule has 1 aromatic carbocycles. The molecule has 0 saturated carbocycles. The maximum Gasteiger partial charge on any atom is 0.258 e. The van der Waals surface area contributed by atoms with Crippen LogP contribution in [0.2, 0.25) is 0 Å². The van der Waals surface area contributed by atoms with Gasteiger partial charge in [0, 0.05) is 61.8 Å². The Morgan fingerprint density at radius 1 is 1.12 bits per heavy atom. The van der Waals surface area contributed by atoms with Crippen LogP contribution >= 0.6 is 18.5 Å². The van der Waals surface area contributed by atoms with E-state index in [0.717, 1.165) is 19.5 Å². The van der Waals surface area contributed by atoms with Crippen LogP contribution in [0.1, 0.15) is 16.8 Å². The maximum absolute atomic E-state index is 14.7. The molecule has 166 valence electrons. The van der Waals surface area contributed by atoms with Gasteiger partial charge in [-0.25, -0.2) is 19.3 Å². The second-order valence-electron chi connectivity index (χ2n) is 8.06. The number of anilines is 3. The number of carbonyl (C=O) groups is 1. The van der Waals surface area contributed by atoms with Gasteiger partial charge in [0.2, 0.25) is 5.95 Å². The first kappa shape index (κ1) is 22.5. The minimum atomic E-state index is -0.385. The number of pyridine rings is 1. The number of hydrogen-bond acceptors (Lipinski definition) is 6. The zero-order valence-electron chi connectivity index (χ0n) is 17.9. The van der Waals surface area contributed by atoms with E-state index < -0.39 is 0 Å². The second-order valence-corrected chi connectivity index (χ2v) is 11.0. The minimum absolute atomic E-state index is 0.0349. The van der Waals surface area contributed by atoms with Crippen LogP contribution in [0.5, 0.6) is 0 Å². The van der Waals surface area contributed by atoms with Crippen LogP contribution in [0.25, 0.3) is 11.1 Å². The van der Waals surface area contributed by atoms with Gasteiger partial charge in [0.1, 0.15) is 5.82 Å². The molecule has 0 spiro atoms. The first-order valence-corrected chi connectivity index (χ1v) is 11.3. The zero-order valence-corrected chi connectivity index (χ0v) is 20.2. The Morgan fingerprint density at radius 2 is 1.84 bits per heavy atom. The van der Waals surface area contributed by atoms with Crippen molar-refractivity contribution in [1.29, 1.82) is 0 Å². The van der Waals surface area contributed by atoms with Crippen molar-refractivity contribution in [3.05, 3.63) is 60.3 Å². The Morgan fingerprint density at radius 3 is 2.47 bits per heavy atom. The minimum Gasteiger partial charge on any atom is -0.354 e. The SMILES string of the molecule is CN(C)c1ncc(C(=O)Nc2c(-c3ccccc3F)ccnc2N2CCC(P)(P)C2)cn1. The van der Waals surface area contributed by atoms with Crippen LogP contribution < -0.4 is 15.1 Å². The summed E-state index contributed by atoms with van der Waals surface area (Å²) < 4.78 is 14.7. The lowest BCUT2D eigenvalue weighted by atomic mass is 10.0. The van der Waals surface area contributed by atoms with E-state index in [9.17, 15) is 9.18 Å². The number of nitrogens with zero attached hydrogens (tertiary/aromatic N) is 5.